The van der Waals surface area contributed by atoms with Crippen molar-refractivity contribution in [2.45, 2.75) is 24.7 Å². The van der Waals surface area contributed by atoms with Crippen molar-refractivity contribution in [2.75, 3.05) is 0 Å². The number of halogens is 10. The number of alkyl halides is 6. The van der Waals surface area contributed by atoms with E-state index < -0.39 is 74.3 Å². The summed E-state index contributed by atoms with van der Waals surface area (Å²) in [5, 5.41) is 27.2. The minimum Gasteiger partial charge on any atom is -0.860 e. The molecule has 0 spiro atoms. The van der Waals surface area contributed by atoms with Crippen LogP contribution in [0.5, 0.6) is 5.75 Å². The van der Waals surface area contributed by atoms with Gasteiger partial charge in [0.05, 0.1) is 16.9 Å². The van der Waals surface area contributed by atoms with Gasteiger partial charge in [-0.1, -0.05) is 109 Å². The van der Waals surface area contributed by atoms with Gasteiger partial charge in [-0.25, -0.2) is 17.6 Å². The highest BCUT2D eigenvalue weighted by atomic mass is 31.2. The van der Waals surface area contributed by atoms with Crippen LogP contribution in [0.2, 0.25) is 0 Å². The third kappa shape index (κ3) is 13.4. The Morgan fingerprint density at radius 3 is 0.824 bits per heavy atom. The molecule has 9 aromatic rings. The molecule has 0 aliphatic heterocycles. The van der Waals surface area contributed by atoms with Crippen molar-refractivity contribution in [3.8, 4) is 5.75 Å². The van der Waals surface area contributed by atoms with Crippen LogP contribution in [0.25, 0.3) is 0 Å². The van der Waals surface area contributed by atoms with Gasteiger partial charge in [-0.05, 0) is 115 Å². The molecule has 0 saturated heterocycles. The molecule has 0 fully saturated rings. The van der Waals surface area contributed by atoms with E-state index in [9.17, 15) is 54.0 Å². The molecule has 16 heteroatoms. The maximum absolute atomic E-state index is 14.7. The third-order valence-corrected chi connectivity index (χ3v) is 20.5. The van der Waals surface area contributed by atoms with E-state index in [-0.39, 0.29) is 18.2 Å². The fraction of sp³-hybridized carbons (Fsp3) is 0.0690. The predicted molar refractivity (Wildman–Crippen MR) is 273 cm³/mol. The Labute approximate surface area is 423 Å². The van der Waals surface area contributed by atoms with E-state index in [1.807, 2.05) is 109 Å². The Bertz CT molecular complexity index is 2790. The fourth-order valence-corrected chi connectivity index (χ4v) is 17.0. The highest BCUT2D eigenvalue weighted by molar-refractivity contribution is 7.95. The molecule has 0 aliphatic carbocycles. The van der Waals surface area contributed by atoms with E-state index in [1.165, 1.54) is 44.0 Å². The van der Waals surface area contributed by atoms with Crippen LogP contribution in [-0.2, 0) is 24.7 Å². The Morgan fingerprint density at radius 2 is 0.608 bits per heavy atom. The summed E-state index contributed by atoms with van der Waals surface area (Å²) in [5.74, 6) is -3.17. The Hall–Kier alpha value is -7.08. The minimum atomic E-state index is -5.05. The number of hydrogen-bond acceptors (Lipinski definition) is 3. The molecule has 0 heterocycles. The molecule has 0 radical (unpaired) electrons. The van der Waals surface area contributed by atoms with Gasteiger partial charge in [-0.3, -0.25) is 0 Å². The van der Waals surface area contributed by atoms with Crippen molar-refractivity contribution >= 4 is 53.7 Å². The van der Waals surface area contributed by atoms with Crippen LogP contribution in [0, 0.1) is 23.3 Å². The van der Waals surface area contributed by atoms with Gasteiger partial charge in [0.25, 0.3) is 0 Å². The Kier molecular flexibility index (Phi) is 18.0. The summed E-state index contributed by atoms with van der Waals surface area (Å²) in [5.41, 5.74) is -2.25. The molecule has 0 bridgehead atoms. The van der Waals surface area contributed by atoms with Crippen molar-refractivity contribution in [1.82, 2.24) is 0 Å². The zero-order valence-corrected chi connectivity index (χ0v) is 40.7. The second-order valence-electron chi connectivity index (χ2n) is 16.6. The highest BCUT2D eigenvalue weighted by Crippen LogP contribution is 2.59. The van der Waals surface area contributed by atoms with Gasteiger partial charge >= 0.3 is 12.4 Å². The standard InChI is InChI=1S/2C25H20F2P.C8H3BF6O3/c2*26-21-17-16-20(25(27)18-21)19-28(22-10-4-1-5-11-22,23-12-6-2-7-13-23)24-14-8-3-9-15-24;10-7(11,12)4-1-5(8(13,14)15)3-6(2-4)18-9(16)17/h2*1-18H,19H2;1-3H/q2*+1;-2. The van der Waals surface area contributed by atoms with E-state index in [0.717, 1.165) is 12.1 Å². The van der Waals surface area contributed by atoms with Crippen molar-refractivity contribution in [2.24, 2.45) is 0 Å². The second-order valence-corrected chi connectivity index (χ2v) is 23.5. The first-order chi connectivity index (χ1) is 35.4. The molecule has 0 unspecified atom stereocenters. The van der Waals surface area contributed by atoms with Crippen LogP contribution in [0.15, 0.2) is 237 Å². The Balaban J connectivity index is 0.000000167. The van der Waals surface area contributed by atoms with E-state index in [0.29, 0.717) is 23.5 Å². The summed E-state index contributed by atoms with van der Waals surface area (Å²) >= 11 is 0. The van der Waals surface area contributed by atoms with Gasteiger partial charge in [0.1, 0.15) is 89.3 Å². The molecular weight excluding hydrogens is 1010 g/mol. The topological polar surface area (TPSA) is 55.3 Å². The average Bonchev–Trinajstić information content (AvgIpc) is 3.40. The monoisotopic (exact) mass is 1050 g/mol. The summed E-state index contributed by atoms with van der Waals surface area (Å²) in [6, 6.07) is 69.6. The summed E-state index contributed by atoms with van der Waals surface area (Å²) in [7, 11) is -7.38. The van der Waals surface area contributed by atoms with Crippen LogP contribution in [0.4, 0.5) is 43.9 Å². The first-order valence-electron chi connectivity index (χ1n) is 22.7. The molecule has 0 N–H and O–H groups in total. The Morgan fingerprint density at radius 1 is 0.351 bits per heavy atom. The van der Waals surface area contributed by atoms with Crippen LogP contribution >= 0.6 is 14.5 Å². The summed E-state index contributed by atoms with van der Waals surface area (Å²) in [6.45, 7) is 0. The number of benzene rings is 9. The van der Waals surface area contributed by atoms with Gasteiger partial charge in [-0.15, -0.1) is 0 Å². The third-order valence-electron chi connectivity index (χ3n) is 11.8. The van der Waals surface area contributed by atoms with E-state index in [2.05, 4.69) is 77.5 Å². The van der Waals surface area contributed by atoms with Gasteiger partial charge in [-0.2, -0.15) is 26.3 Å². The summed E-state index contributed by atoms with van der Waals surface area (Å²) < 4.78 is 134. The lowest BCUT2D eigenvalue weighted by Gasteiger charge is -2.28. The molecule has 9 rings (SSSR count). The highest BCUT2D eigenvalue weighted by Gasteiger charge is 2.47. The molecule has 0 atom stereocenters. The normalized spacial score (nSPS) is 11.6. The maximum atomic E-state index is 14.7. The quantitative estimate of drug-likeness (QED) is 0.0696. The van der Waals surface area contributed by atoms with E-state index in [4.69, 9.17) is 0 Å². The molecule has 74 heavy (non-hydrogen) atoms. The summed E-state index contributed by atoms with van der Waals surface area (Å²) in [6.07, 6.45) is -9.12. The van der Waals surface area contributed by atoms with E-state index >= 15 is 0 Å². The van der Waals surface area contributed by atoms with Crippen LogP contribution in [0.3, 0.4) is 0 Å². The molecule has 9 aromatic carbocycles. The smallest absolute Gasteiger partial charge is 0.416 e. The van der Waals surface area contributed by atoms with Gasteiger partial charge in [0.15, 0.2) is 0 Å². The number of rotatable bonds is 12. The maximum Gasteiger partial charge on any atom is 0.416 e. The first kappa shape index (κ1) is 54.7. The lowest BCUT2D eigenvalue weighted by molar-refractivity contribution is -0.372. The summed E-state index contributed by atoms with van der Waals surface area (Å²) in [4.78, 5) is 0. The van der Waals surface area contributed by atoms with E-state index in [1.54, 1.807) is 12.1 Å². The van der Waals surface area contributed by atoms with Crippen molar-refractivity contribution in [1.29, 1.82) is 0 Å². The molecule has 0 saturated carbocycles. The molecule has 0 aromatic heterocycles. The van der Waals surface area contributed by atoms with Crippen molar-refractivity contribution in [3.05, 3.63) is 282 Å². The lowest BCUT2D eigenvalue weighted by Crippen LogP contribution is -2.50. The second kappa shape index (κ2) is 24.3. The molecular formula is C58H43BF10O3P2. The molecule has 0 amide bonds. The predicted octanol–water partition coefficient (Wildman–Crippen LogP) is 11.7. The average molecular weight is 1050 g/mol. The van der Waals surface area contributed by atoms with Gasteiger partial charge in [0.2, 0.25) is 0 Å². The SMILES string of the molecule is Fc1ccc(C[P+](c2ccccc2)(c2ccccc2)c2ccccc2)c(F)c1.Fc1ccc(C[P+](c2ccccc2)(c2ccccc2)c2ccccc2)c(F)c1.[O-]B([O-])Oc1cc(C(F)(F)F)cc(C(F)(F)F)c1. The molecule has 0 aliphatic rings. The van der Waals surface area contributed by atoms with Gasteiger partial charge in [0, 0.05) is 23.3 Å². The van der Waals surface area contributed by atoms with Gasteiger partial charge < -0.3 is 14.7 Å². The minimum absolute atomic E-state index is 0.141. The zero-order chi connectivity index (χ0) is 52.9. The van der Waals surface area contributed by atoms with Crippen molar-refractivity contribution < 1.29 is 58.6 Å². The lowest BCUT2D eigenvalue weighted by atomic mass is 10.1. The number of hydrogen-bond donors (Lipinski definition) is 0. The van der Waals surface area contributed by atoms with Crippen LogP contribution in [0.1, 0.15) is 22.3 Å². The van der Waals surface area contributed by atoms with Crippen LogP contribution < -0.4 is 46.5 Å². The first-order valence-corrected chi connectivity index (χ1v) is 26.6. The fourth-order valence-electron chi connectivity index (χ4n) is 8.45. The molecule has 376 valence electrons. The van der Waals surface area contributed by atoms with Crippen molar-refractivity contribution in [3.63, 3.8) is 0 Å². The van der Waals surface area contributed by atoms with Crippen LogP contribution in [-0.4, -0.2) is 7.32 Å². The molecule has 3 nitrogen and oxygen atoms in total. The largest absolute Gasteiger partial charge is 0.860 e. The zero-order valence-electron chi connectivity index (χ0n) is 38.9.